The molecule has 2 saturated carbocycles. The van der Waals surface area contributed by atoms with E-state index in [2.05, 4.69) is 53.1 Å². The first-order chi connectivity index (χ1) is 27.6. The number of benzene rings is 4. The molecule has 4 aromatic rings. The number of nitrogens with one attached hydrogen (secondary N) is 4. The monoisotopic (exact) mass is 960 g/mol. The van der Waals surface area contributed by atoms with Crippen LogP contribution in [0.15, 0.2) is 69.6 Å². The lowest BCUT2D eigenvalue weighted by molar-refractivity contribution is -0.141. The lowest BCUT2D eigenvalue weighted by Gasteiger charge is -2.15. The minimum atomic E-state index is -1.19. The number of carboxylic acid groups (broad SMARTS) is 2. The molecule has 16 heteroatoms. The van der Waals surface area contributed by atoms with E-state index in [9.17, 15) is 19.2 Å². The van der Waals surface area contributed by atoms with Crippen LogP contribution in [-0.2, 0) is 32.4 Å². The predicted molar refractivity (Wildman–Crippen MR) is 234 cm³/mol. The molecule has 4 aromatic carbocycles. The normalized spacial score (nSPS) is 13.1. The van der Waals surface area contributed by atoms with Gasteiger partial charge in [-0.15, -0.1) is 0 Å². The van der Waals surface area contributed by atoms with Gasteiger partial charge in [-0.05, 0) is 166 Å². The van der Waals surface area contributed by atoms with Crippen LogP contribution in [-0.4, -0.2) is 47.1 Å². The van der Waals surface area contributed by atoms with Crippen molar-refractivity contribution in [3.8, 4) is 11.5 Å². The lowest BCUT2D eigenvalue weighted by Crippen LogP contribution is -2.16. The summed E-state index contributed by atoms with van der Waals surface area (Å²) in [6.45, 7) is 6.36. The molecule has 0 radical (unpaired) electrons. The summed E-state index contributed by atoms with van der Waals surface area (Å²) in [7, 11) is 0. The molecule has 6 rings (SSSR count). The van der Waals surface area contributed by atoms with Crippen LogP contribution >= 0.6 is 55.1 Å². The van der Waals surface area contributed by atoms with Gasteiger partial charge in [0.15, 0.2) is 0 Å². The van der Waals surface area contributed by atoms with Crippen LogP contribution in [0.2, 0.25) is 10.0 Å². The second kappa shape index (κ2) is 21.0. The fourth-order valence-electron chi connectivity index (χ4n) is 5.86. The summed E-state index contributed by atoms with van der Waals surface area (Å²) in [6, 6.07) is 18.4. The summed E-state index contributed by atoms with van der Waals surface area (Å²) in [5.41, 5.74) is 6.56. The van der Waals surface area contributed by atoms with Gasteiger partial charge in [-0.1, -0.05) is 23.2 Å². The Hall–Kier alpha value is -4.50. The number of carbonyl (C=O) groups is 4. The molecule has 308 valence electrons. The van der Waals surface area contributed by atoms with E-state index in [-0.39, 0.29) is 0 Å². The van der Waals surface area contributed by atoms with Crippen LogP contribution in [0.4, 0.5) is 22.7 Å². The molecule has 6 N–H and O–H groups in total. The minimum absolute atomic E-state index is 0.306. The smallest absolute Gasteiger partial charge is 0.312 e. The number of hydrogen-bond donors (Lipinski definition) is 6. The van der Waals surface area contributed by atoms with E-state index in [4.69, 9.17) is 42.9 Å². The van der Waals surface area contributed by atoms with Crippen molar-refractivity contribution in [3.63, 3.8) is 0 Å². The first-order valence-electron chi connectivity index (χ1n) is 18.6. The molecule has 0 heterocycles. The number of aliphatic carboxylic acids is 2. The SMILES string of the molecule is Cc1cc(NC(=O)CC(=O)O)cc(C)c1OCc1cc(Cl)cc(NCC2CC2)c1.O=C(O)CC(=O)Nc1cc(Br)c(OCc2cc(Cl)cc(NCC3CC3)c2)c(Br)c1. The van der Waals surface area contributed by atoms with E-state index >= 15 is 0 Å². The Morgan fingerprint density at radius 2 is 1.00 bits per heavy atom. The Morgan fingerprint density at radius 1 is 0.603 bits per heavy atom. The number of hydrogen-bond acceptors (Lipinski definition) is 8. The molecule has 2 amide bonds. The third kappa shape index (κ3) is 15.0. The van der Waals surface area contributed by atoms with Gasteiger partial charge in [0, 0.05) is 45.9 Å². The average Bonchev–Trinajstić information content (AvgIpc) is 4.05. The van der Waals surface area contributed by atoms with E-state index < -0.39 is 36.6 Å². The van der Waals surface area contributed by atoms with E-state index in [0.717, 1.165) is 64.3 Å². The highest BCUT2D eigenvalue weighted by molar-refractivity contribution is 9.11. The second-order valence-electron chi connectivity index (χ2n) is 14.4. The van der Waals surface area contributed by atoms with Crippen molar-refractivity contribution in [2.45, 2.75) is 65.6 Å². The number of carboxylic acids is 2. The summed E-state index contributed by atoms with van der Waals surface area (Å²) >= 11 is 19.3. The maximum atomic E-state index is 11.7. The Labute approximate surface area is 363 Å². The first kappa shape index (κ1) is 44.6. The van der Waals surface area contributed by atoms with Gasteiger partial charge in [-0.3, -0.25) is 19.2 Å². The van der Waals surface area contributed by atoms with Gasteiger partial charge in [0.05, 0.1) is 8.95 Å². The van der Waals surface area contributed by atoms with Gasteiger partial charge in [-0.2, -0.15) is 0 Å². The number of amides is 2. The van der Waals surface area contributed by atoms with Crippen LogP contribution in [0.5, 0.6) is 11.5 Å². The molecule has 0 bridgehead atoms. The molecule has 0 atom stereocenters. The van der Waals surface area contributed by atoms with Crippen molar-refractivity contribution in [1.82, 2.24) is 0 Å². The summed E-state index contributed by atoms with van der Waals surface area (Å²) in [5, 5.41) is 30.7. The molecule has 0 unspecified atom stereocenters. The Kier molecular flexibility index (Phi) is 16.1. The highest BCUT2D eigenvalue weighted by Crippen LogP contribution is 2.38. The highest BCUT2D eigenvalue weighted by Gasteiger charge is 2.22. The van der Waals surface area contributed by atoms with Crippen LogP contribution in [0.1, 0.15) is 60.8 Å². The van der Waals surface area contributed by atoms with Crippen LogP contribution in [0.3, 0.4) is 0 Å². The third-order valence-electron chi connectivity index (χ3n) is 8.91. The number of rotatable bonds is 18. The second-order valence-corrected chi connectivity index (χ2v) is 16.9. The zero-order valence-electron chi connectivity index (χ0n) is 31.9. The maximum Gasteiger partial charge on any atom is 0.312 e. The van der Waals surface area contributed by atoms with Crippen molar-refractivity contribution < 1.29 is 38.9 Å². The van der Waals surface area contributed by atoms with Gasteiger partial charge in [0.25, 0.3) is 0 Å². The molecule has 2 aliphatic carbocycles. The predicted octanol–water partition coefficient (Wildman–Crippen LogP) is 10.5. The highest BCUT2D eigenvalue weighted by atomic mass is 79.9. The van der Waals surface area contributed by atoms with Crippen molar-refractivity contribution in [3.05, 3.63) is 102 Å². The quantitative estimate of drug-likeness (QED) is 0.0527. The molecule has 0 spiro atoms. The molecule has 0 aromatic heterocycles. The molecule has 2 fully saturated rings. The summed E-state index contributed by atoms with van der Waals surface area (Å²) in [4.78, 5) is 44.6. The van der Waals surface area contributed by atoms with E-state index in [1.165, 1.54) is 25.7 Å². The van der Waals surface area contributed by atoms with E-state index in [0.29, 0.717) is 49.3 Å². The maximum absolute atomic E-state index is 11.7. The number of carbonyl (C=O) groups excluding carboxylic acids is 2. The number of aryl methyl sites for hydroxylation is 2. The Bertz CT molecular complexity index is 1970. The van der Waals surface area contributed by atoms with Gasteiger partial charge in [0.2, 0.25) is 11.8 Å². The topological polar surface area (TPSA) is 175 Å². The zero-order chi connectivity index (χ0) is 41.9. The molecule has 58 heavy (non-hydrogen) atoms. The largest absolute Gasteiger partial charge is 0.488 e. The number of anilines is 4. The Balaban J connectivity index is 0.000000221. The molecule has 0 aliphatic heterocycles. The molecule has 0 saturated heterocycles. The van der Waals surface area contributed by atoms with Gasteiger partial charge < -0.3 is 41.0 Å². The van der Waals surface area contributed by atoms with Crippen LogP contribution in [0, 0.1) is 25.7 Å². The zero-order valence-corrected chi connectivity index (χ0v) is 36.5. The number of ether oxygens (including phenoxy) is 2. The molecule has 2 aliphatic rings. The Morgan fingerprint density at radius 3 is 1.40 bits per heavy atom. The van der Waals surface area contributed by atoms with Crippen molar-refractivity contribution in [2.75, 3.05) is 34.4 Å². The standard InChI is InChI=1S/C22H25ClN2O4.C20H19Br2ClN2O4/c1-13-5-19(25-20(26)10-21(27)28)6-14(2)22(13)29-12-16-7-17(23)9-18(8-16)24-11-15-3-4-15;21-16-6-15(25-18(26)8-19(27)28)7-17(22)20(16)29-10-12-3-13(23)5-14(4-12)24-9-11-1-2-11/h5-9,15,24H,3-4,10-12H2,1-2H3,(H,25,26)(H,27,28);3-7,11,24H,1-2,8-10H2,(H,25,26)(H,27,28). The minimum Gasteiger partial charge on any atom is -0.488 e. The summed E-state index contributed by atoms with van der Waals surface area (Å²) < 4.78 is 13.2. The van der Waals surface area contributed by atoms with Crippen LogP contribution in [0.25, 0.3) is 0 Å². The van der Waals surface area contributed by atoms with E-state index in [1.54, 1.807) is 24.3 Å². The third-order valence-corrected chi connectivity index (χ3v) is 10.5. The average molecular weight is 964 g/mol. The lowest BCUT2D eigenvalue weighted by atomic mass is 10.1. The summed E-state index contributed by atoms with van der Waals surface area (Å²) in [5.74, 6) is -0.687. The van der Waals surface area contributed by atoms with Gasteiger partial charge in [0.1, 0.15) is 37.6 Å². The molecule has 12 nitrogen and oxygen atoms in total. The van der Waals surface area contributed by atoms with Crippen molar-refractivity contribution in [1.29, 1.82) is 0 Å². The number of halogens is 4. The van der Waals surface area contributed by atoms with Gasteiger partial charge in [-0.25, -0.2) is 0 Å². The van der Waals surface area contributed by atoms with Crippen molar-refractivity contribution in [2.24, 2.45) is 11.8 Å². The summed E-state index contributed by atoms with van der Waals surface area (Å²) in [6.07, 6.45) is 3.96. The van der Waals surface area contributed by atoms with Crippen LogP contribution < -0.4 is 30.7 Å². The fraction of sp³-hybridized carbons (Fsp3) is 0.333. The molecular weight excluding hydrogens is 919 g/mol. The first-order valence-corrected chi connectivity index (χ1v) is 20.9. The van der Waals surface area contributed by atoms with Gasteiger partial charge >= 0.3 is 11.9 Å². The van der Waals surface area contributed by atoms with Crippen molar-refractivity contribution >= 4 is 102 Å². The fourth-order valence-corrected chi connectivity index (χ4v) is 7.79. The molecular formula is C42H44Br2Cl2N4O8. The van der Waals surface area contributed by atoms with E-state index in [1.807, 2.05) is 50.2 Å².